The maximum absolute atomic E-state index is 12.7. The molecule has 0 N–H and O–H groups in total. The Balaban J connectivity index is 4.36. The van der Waals surface area contributed by atoms with Gasteiger partial charge in [-0.1, -0.05) is 211 Å². The molecule has 0 fully saturated rings. The van der Waals surface area contributed by atoms with Gasteiger partial charge in [0.1, 0.15) is 13.2 Å². The Morgan fingerprint density at radius 1 is 0.375 bits per heavy atom. The number of ether oxygens (including phenoxy) is 3. The van der Waals surface area contributed by atoms with E-state index in [2.05, 4.69) is 57.2 Å². The van der Waals surface area contributed by atoms with E-state index < -0.39 is 6.10 Å². The molecule has 0 amide bonds. The number of hydrogen-bond acceptors (Lipinski definition) is 6. The minimum atomic E-state index is -0.772. The predicted octanol–water partition coefficient (Wildman–Crippen LogP) is 15.4. The lowest BCUT2D eigenvalue weighted by atomic mass is 10.0. The zero-order valence-corrected chi connectivity index (χ0v) is 37.2. The van der Waals surface area contributed by atoms with Crippen molar-refractivity contribution in [2.24, 2.45) is 0 Å². The Hall–Kier alpha value is -2.37. The second-order valence-corrected chi connectivity index (χ2v) is 16.0. The molecule has 0 saturated heterocycles. The quantitative estimate of drug-likeness (QED) is 0.0265. The van der Waals surface area contributed by atoms with Crippen molar-refractivity contribution < 1.29 is 28.6 Å². The van der Waals surface area contributed by atoms with Gasteiger partial charge < -0.3 is 14.2 Å². The minimum Gasteiger partial charge on any atom is -0.462 e. The van der Waals surface area contributed by atoms with Crippen LogP contribution in [0.4, 0.5) is 0 Å². The normalized spacial score (nSPS) is 12.3. The summed E-state index contributed by atoms with van der Waals surface area (Å²) in [6.07, 6.45) is 51.2. The summed E-state index contributed by atoms with van der Waals surface area (Å²) in [5.41, 5.74) is 0. The van der Waals surface area contributed by atoms with Gasteiger partial charge in [0.25, 0.3) is 0 Å². The average Bonchev–Trinajstić information content (AvgIpc) is 3.19. The Morgan fingerprint density at radius 2 is 0.696 bits per heavy atom. The van der Waals surface area contributed by atoms with Crippen LogP contribution >= 0.6 is 0 Å². The minimum absolute atomic E-state index is 0.0742. The third-order valence-electron chi connectivity index (χ3n) is 10.4. The lowest BCUT2D eigenvalue weighted by Crippen LogP contribution is -2.30. The number of hydrogen-bond donors (Lipinski definition) is 0. The molecule has 0 bridgehead atoms. The van der Waals surface area contributed by atoms with Crippen molar-refractivity contribution in [1.82, 2.24) is 0 Å². The lowest BCUT2D eigenvalue weighted by Gasteiger charge is -2.18. The van der Waals surface area contributed by atoms with E-state index in [0.29, 0.717) is 19.3 Å². The molecule has 0 unspecified atom stereocenters. The maximum Gasteiger partial charge on any atom is 0.306 e. The number of carbonyl (C=O) groups is 3. The highest BCUT2D eigenvalue weighted by atomic mass is 16.6. The first-order valence-corrected chi connectivity index (χ1v) is 24.0. The van der Waals surface area contributed by atoms with Crippen molar-refractivity contribution in [3.05, 3.63) is 36.5 Å². The first-order valence-electron chi connectivity index (χ1n) is 24.0. The smallest absolute Gasteiger partial charge is 0.306 e. The molecule has 0 saturated carbocycles. The third kappa shape index (κ3) is 42.8. The van der Waals surface area contributed by atoms with Gasteiger partial charge in [0, 0.05) is 19.3 Å². The van der Waals surface area contributed by atoms with Crippen LogP contribution in [0.25, 0.3) is 0 Å². The number of rotatable bonds is 43. The van der Waals surface area contributed by atoms with Gasteiger partial charge in [-0.25, -0.2) is 0 Å². The molecule has 0 spiro atoms. The second kappa shape index (κ2) is 45.3. The molecule has 0 aromatic heterocycles. The van der Waals surface area contributed by atoms with Crippen molar-refractivity contribution in [3.63, 3.8) is 0 Å². The van der Waals surface area contributed by atoms with Crippen LogP contribution in [0.1, 0.15) is 245 Å². The fraction of sp³-hybridized carbons (Fsp3) is 0.820. The largest absolute Gasteiger partial charge is 0.462 e. The van der Waals surface area contributed by atoms with E-state index in [-0.39, 0.29) is 31.1 Å². The summed E-state index contributed by atoms with van der Waals surface area (Å²) in [6, 6.07) is 0. The van der Waals surface area contributed by atoms with E-state index >= 15 is 0 Å². The average molecular weight is 787 g/mol. The molecular weight excluding hydrogens is 697 g/mol. The molecule has 0 aliphatic carbocycles. The van der Waals surface area contributed by atoms with E-state index in [1.807, 2.05) is 0 Å². The van der Waals surface area contributed by atoms with E-state index in [4.69, 9.17) is 14.2 Å². The van der Waals surface area contributed by atoms with Gasteiger partial charge >= 0.3 is 17.9 Å². The van der Waals surface area contributed by atoms with E-state index in [0.717, 1.165) is 96.3 Å². The molecule has 0 aromatic carbocycles. The van der Waals surface area contributed by atoms with Crippen molar-refractivity contribution in [1.29, 1.82) is 0 Å². The molecule has 56 heavy (non-hydrogen) atoms. The number of esters is 3. The first kappa shape index (κ1) is 53.6. The highest BCUT2D eigenvalue weighted by molar-refractivity contribution is 5.71. The van der Waals surface area contributed by atoms with Gasteiger partial charge in [0.05, 0.1) is 0 Å². The predicted molar refractivity (Wildman–Crippen MR) is 238 cm³/mol. The summed E-state index contributed by atoms with van der Waals surface area (Å²) in [5, 5.41) is 0. The van der Waals surface area contributed by atoms with Crippen LogP contribution in [-0.2, 0) is 28.6 Å². The third-order valence-corrected chi connectivity index (χ3v) is 10.4. The molecule has 0 rings (SSSR count). The van der Waals surface area contributed by atoms with Crippen molar-refractivity contribution in [2.45, 2.75) is 252 Å². The van der Waals surface area contributed by atoms with Crippen LogP contribution < -0.4 is 0 Å². The summed E-state index contributed by atoms with van der Waals surface area (Å²) in [7, 11) is 0. The van der Waals surface area contributed by atoms with E-state index in [1.165, 1.54) is 109 Å². The van der Waals surface area contributed by atoms with Gasteiger partial charge in [-0.2, -0.15) is 0 Å². The molecule has 0 aromatic rings. The maximum atomic E-state index is 12.7. The van der Waals surface area contributed by atoms with Crippen LogP contribution in [0.3, 0.4) is 0 Å². The van der Waals surface area contributed by atoms with Gasteiger partial charge in [0.15, 0.2) is 6.10 Å². The zero-order valence-electron chi connectivity index (χ0n) is 37.2. The monoisotopic (exact) mass is 787 g/mol. The van der Waals surface area contributed by atoms with Crippen LogP contribution in [-0.4, -0.2) is 37.2 Å². The molecule has 0 aliphatic heterocycles. The van der Waals surface area contributed by atoms with Gasteiger partial charge in [-0.15, -0.1) is 0 Å². The Labute approximate surface area is 346 Å². The number of unbranched alkanes of at least 4 members (excludes halogenated alkanes) is 26. The molecule has 326 valence electrons. The highest BCUT2D eigenvalue weighted by Gasteiger charge is 2.19. The fourth-order valence-electron chi connectivity index (χ4n) is 6.81. The van der Waals surface area contributed by atoms with Crippen LogP contribution in [0.5, 0.6) is 0 Å². The SMILES string of the molecule is CC/C=C\C/C=C\C/C=C\CCCCCCCC(=O)OC[C@@H](COC(=O)CCCCCCCCCCCC)OC(=O)CCCCCCCCCCCCCCC. The molecule has 0 heterocycles. The van der Waals surface area contributed by atoms with Gasteiger partial charge in [-0.3, -0.25) is 14.4 Å². The van der Waals surface area contributed by atoms with Gasteiger partial charge in [-0.05, 0) is 51.4 Å². The van der Waals surface area contributed by atoms with Crippen LogP contribution in [0, 0.1) is 0 Å². The molecule has 0 aliphatic rings. The van der Waals surface area contributed by atoms with E-state index in [1.54, 1.807) is 0 Å². The lowest BCUT2D eigenvalue weighted by molar-refractivity contribution is -0.167. The summed E-state index contributed by atoms with van der Waals surface area (Å²) in [6.45, 7) is 6.51. The topological polar surface area (TPSA) is 78.9 Å². The zero-order chi connectivity index (χ0) is 40.8. The summed E-state index contributed by atoms with van der Waals surface area (Å²) in [4.78, 5) is 37.8. The number of allylic oxidation sites excluding steroid dienone is 6. The fourth-order valence-corrected chi connectivity index (χ4v) is 6.81. The standard InChI is InChI=1S/C50H90O6/c1-4-7-10-13-16-19-22-24-25-27-28-31-34-37-40-43-49(52)55-46-47(45-54-48(51)42-39-36-33-30-21-18-15-12-9-6-3)56-50(53)44-41-38-35-32-29-26-23-20-17-14-11-8-5-2/h7,10,16,19,24-25,47H,4-6,8-9,11-15,17-18,20-23,26-46H2,1-3H3/b10-7-,19-16-,25-24-/t47-/m1/s1. The van der Waals surface area contributed by atoms with Gasteiger partial charge in [0.2, 0.25) is 0 Å². The number of carbonyl (C=O) groups excluding carboxylic acids is 3. The van der Waals surface area contributed by atoms with Crippen molar-refractivity contribution in [3.8, 4) is 0 Å². The Morgan fingerprint density at radius 3 is 1.09 bits per heavy atom. The molecule has 0 radical (unpaired) electrons. The van der Waals surface area contributed by atoms with Crippen molar-refractivity contribution in [2.75, 3.05) is 13.2 Å². The van der Waals surface area contributed by atoms with Crippen molar-refractivity contribution >= 4 is 17.9 Å². The highest BCUT2D eigenvalue weighted by Crippen LogP contribution is 2.15. The summed E-state index contributed by atoms with van der Waals surface area (Å²) >= 11 is 0. The molecule has 1 atom stereocenters. The summed E-state index contributed by atoms with van der Waals surface area (Å²) in [5.74, 6) is -0.886. The summed E-state index contributed by atoms with van der Waals surface area (Å²) < 4.78 is 16.7. The second-order valence-electron chi connectivity index (χ2n) is 16.0. The molecular formula is C50H90O6. The Kier molecular flexibility index (Phi) is 43.4. The Bertz CT molecular complexity index is 953. The van der Waals surface area contributed by atoms with Crippen LogP contribution in [0.2, 0.25) is 0 Å². The van der Waals surface area contributed by atoms with Crippen LogP contribution in [0.15, 0.2) is 36.5 Å². The molecule has 6 heteroatoms. The van der Waals surface area contributed by atoms with E-state index in [9.17, 15) is 14.4 Å². The first-order chi connectivity index (χ1) is 27.5. The molecule has 6 nitrogen and oxygen atoms in total.